The number of carbonyl (C=O) groups is 1. The van der Waals surface area contributed by atoms with Crippen LogP contribution in [0.15, 0.2) is 36.5 Å². The molecule has 1 saturated heterocycles. The Kier molecular flexibility index (Phi) is 8.95. The number of halogens is 2. The van der Waals surface area contributed by atoms with E-state index in [4.69, 9.17) is 5.73 Å². The molecule has 1 aromatic carbocycles. The summed E-state index contributed by atoms with van der Waals surface area (Å²) < 4.78 is 1.82. The average Bonchev–Trinajstić information content (AvgIpc) is 2.97. The first kappa shape index (κ1) is 24.4. The number of aryl methyl sites for hydroxylation is 1. The van der Waals surface area contributed by atoms with Gasteiger partial charge in [-0.15, -0.1) is 24.8 Å². The van der Waals surface area contributed by atoms with Crippen LogP contribution in [-0.2, 0) is 11.3 Å². The van der Waals surface area contributed by atoms with Gasteiger partial charge in [-0.3, -0.25) is 9.69 Å². The van der Waals surface area contributed by atoms with E-state index in [1.54, 1.807) is 6.20 Å². The first-order chi connectivity index (χ1) is 12.3. The van der Waals surface area contributed by atoms with Gasteiger partial charge >= 0.3 is 0 Å². The number of anilines is 1. The molecule has 28 heavy (non-hydrogen) atoms. The summed E-state index contributed by atoms with van der Waals surface area (Å²) in [7, 11) is 0. The van der Waals surface area contributed by atoms with E-state index in [2.05, 4.69) is 54.3 Å². The van der Waals surface area contributed by atoms with Crippen molar-refractivity contribution in [3.63, 3.8) is 0 Å². The largest absolute Gasteiger partial charge is 0.327 e. The SMILES string of the molecule is Cc1cccc(Cn2nccc2NC(=O)CN2CCC(N)C(C)(C)C2)c1.Cl.Cl. The van der Waals surface area contributed by atoms with Crippen LogP contribution in [0.25, 0.3) is 0 Å². The van der Waals surface area contributed by atoms with Crippen molar-refractivity contribution in [1.29, 1.82) is 0 Å². The quantitative estimate of drug-likeness (QED) is 0.768. The molecule has 1 aromatic heterocycles. The molecular formula is C20H31Cl2N5O. The molecular weight excluding hydrogens is 397 g/mol. The first-order valence-corrected chi connectivity index (χ1v) is 9.19. The fraction of sp³-hybridized carbons (Fsp3) is 0.500. The minimum atomic E-state index is -0.0118. The molecule has 2 heterocycles. The standard InChI is InChI=1S/C20H29N5O.2ClH/c1-15-5-4-6-16(11-15)12-25-18(7-9-22-25)23-19(26)13-24-10-8-17(21)20(2,3)14-24;;/h4-7,9,11,17H,8,10,12-14,21H2,1-3H3,(H,23,26);2*1H. The van der Waals surface area contributed by atoms with Crippen molar-refractivity contribution in [3.8, 4) is 0 Å². The van der Waals surface area contributed by atoms with Crippen LogP contribution in [0.5, 0.6) is 0 Å². The van der Waals surface area contributed by atoms with E-state index in [9.17, 15) is 4.79 Å². The molecule has 1 aliphatic rings. The van der Waals surface area contributed by atoms with Crippen molar-refractivity contribution in [1.82, 2.24) is 14.7 Å². The van der Waals surface area contributed by atoms with E-state index in [1.807, 2.05) is 16.8 Å². The lowest BCUT2D eigenvalue weighted by Gasteiger charge is -2.42. The van der Waals surface area contributed by atoms with Crippen molar-refractivity contribution in [2.75, 3.05) is 25.0 Å². The van der Waals surface area contributed by atoms with E-state index >= 15 is 0 Å². The summed E-state index contributed by atoms with van der Waals surface area (Å²) in [5.74, 6) is 0.715. The van der Waals surface area contributed by atoms with Crippen LogP contribution in [0, 0.1) is 12.3 Å². The number of hydrogen-bond donors (Lipinski definition) is 2. The normalized spacial score (nSPS) is 18.6. The smallest absolute Gasteiger partial charge is 0.239 e. The molecule has 8 heteroatoms. The van der Waals surface area contributed by atoms with Gasteiger partial charge in [0.25, 0.3) is 0 Å². The first-order valence-electron chi connectivity index (χ1n) is 9.19. The number of benzene rings is 1. The van der Waals surface area contributed by atoms with Crippen LogP contribution < -0.4 is 11.1 Å². The molecule has 6 nitrogen and oxygen atoms in total. The Morgan fingerprint density at radius 2 is 2.07 bits per heavy atom. The zero-order valence-electron chi connectivity index (χ0n) is 16.7. The molecule has 3 rings (SSSR count). The highest BCUT2D eigenvalue weighted by molar-refractivity contribution is 5.91. The number of likely N-dealkylation sites (tertiary alicyclic amines) is 1. The van der Waals surface area contributed by atoms with Crippen molar-refractivity contribution in [2.24, 2.45) is 11.1 Å². The van der Waals surface area contributed by atoms with E-state index in [-0.39, 0.29) is 42.2 Å². The molecule has 0 spiro atoms. The van der Waals surface area contributed by atoms with Crippen molar-refractivity contribution < 1.29 is 4.79 Å². The lowest BCUT2D eigenvalue weighted by atomic mass is 9.80. The Hall–Kier alpha value is -1.60. The van der Waals surface area contributed by atoms with Crippen molar-refractivity contribution in [3.05, 3.63) is 47.7 Å². The van der Waals surface area contributed by atoms with Gasteiger partial charge in [-0.05, 0) is 24.3 Å². The lowest BCUT2D eigenvalue weighted by Crippen LogP contribution is -2.53. The third kappa shape index (κ3) is 6.21. The van der Waals surface area contributed by atoms with Gasteiger partial charge in [0.1, 0.15) is 5.82 Å². The number of nitrogens with one attached hydrogen (secondary N) is 1. The number of nitrogens with zero attached hydrogens (tertiary/aromatic N) is 3. The Bertz CT molecular complexity index is 777. The maximum Gasteiger partial charge on any atom is 0.239 e. The molecule has 1 aliphatic heterocycles. The van der Waals surface area contributed by atoms with Crippen molar-refractivity contribution in [2.45, 2.75) is 39.8 Å². The average molecular weight is 428 g/mol. The minimum Gasteiger partial charge on any atom is -0.327 e. The minimum absolute atomic E-state index is 0. The summed E-state index contributed by atoms with van der Waals surface area (Å²) >= 11 is 0. The summed E-state index contributed by atoms with van der Waals surface area (Å²) in [6.07, 6.45) is 2.64. The van der Waals surface area contributed by atoms with Crippen LogP contribution in [0.2, 0.25) is 0 Å². The summed E-state index contributed by atoms with van der Waals surface area (Å²) in [6.45, 7) is 9.12. The highest BCUT2D eigenvalue weighted by Crippen LogP contribution is 2.27. The Morgan fingerprint density at radius 3 is 2.75 bits per heavy atom. The number of piperidine rings is 1. The molecule has 2 aromatic rings. The van der Waals surface area contributed by atoms with Crippen molar-refractivity contribution >= 4 is 36.5 Å². The number of hydrogen-bond acceptors (Lipinski definition) is 4. The van der Waals surface area contributed by atoms with Gasteiger partial charge in [0, 0.05) is 25.2 Å². The molecule has 1 atom stereocenters. The maximum atomic E-state index is 12.5. The molecule has 156 valence electrons. The van der Waals surface area contributed by atoms with Crippen LogP contribution in [0.3, 0.4) is 0 Å². The fourth-order valence-electron chi connectivity index (χ4n) is 3.55. The molecule has 0 bridgehead atoms. The molecule has 0 radical (unpaired) electrons. The number of amides is 1. The molecule has 1 amide bonds. The maximum absolute atomic E-state index is 12.5. The van der Waals surface area contributed by atoms with Crippen LogP contribution in [0.1, 0.15) is 31.4 Å². The highest BCUT2D eigenvalue weighted by atomic mass is 35.5. The summed E-state index contributed by atoms with van der Waals surface area (Å²) in [6, 6.07) is 10.3. The van der Waals surface area contributed by atoms with Gasteiger partial charge in [0.05, 0.1) is 19.3 Å². The summed E-state index contributed by atoms with van der Waals surface area (Å²) in [5, 5.41) is 7.35. The predicted octanol–water partition coefficient (Wildman–Crippen LogP) is 3.08. The van der Waals surface area contributed by atoms with Gasteiger partial charge < -0.3 is 11.1 Å². The second kappa shape index (κ2) is 10.3. The van der Waals surface area contributed by atoms with Crippen LogP contribution in [-0.4, -0.2) is 46.3 Å². The number of aromatic nitrogens is 2. The molecule has 3 N–H and O–H groups in total. The Balaban J connectivity index is 0.00000196. The predicted molar refractivity (Wildman–Crippen MR) is 118 cm³/mol. The monoisotopic (exact) mass is 427 g/mol. The Labute approximate surface area is 179 Å². The molecule has 1 unspecified atom stereocenters. The summed E-state index contributed by atoms with van der Waals surface area (Å²) in [5.41, 5.74) is 8.59. The van der Waals surface area contributed by atoms with Gasteiger partial charge in [0.2, 0.25) is 5.91 Å². The number of carbonyl (C=O) groups excluding carboxylic acids is 1. The van der Waals surface area contributed by atoms with Crippen LogP contribution >= 0.6 is 24.8 Å². The second-order valence-corrected chi connectivity index (χ2v) is 8.01. The van der Waals surface area contributed by atoms with Gasteiger partial charge in [-0.25, -0.2) is 4.68 Å². The third-order valence-corrected chi connectivity index (χ3v) is 5.16. The number of rotatable bonds is 5. The van der Waals surface area contributed by atoms with E-state index < -0.39 is 0 Å². The molecule has 0 aliphatic carbocycles. The second-order valence-electron chi connectivity index (χ2n) is 8.01. The Morgan fingerprint density at radius 1 is 1.32 bits per heavy atom. The molecule has 0 saturated carbocycles. The molecule has 1 fully saturated rings. The van der Waals surface area contributed by atoms with Gasteiger partial charge in [-0.1, -0.05) is 43.7 Å². The van der Waals surface area contributed by atoms with Crippen LogP contribution in [0.4, 0.5) is 5.82 Å². The zero-order valence-corrected chi connectivity index (χ0v) is 18.4. The third-order valence-electron chi connectivity index (χ3n) is 5.16. The van der Waals surface area contributed by atoms with E-state index in [0.29, 0.717) is 13.1 Å². The fourth-order valence-corrected chi connectivity index (χ4v) is 3.55. The van der Waals surface area contributed by atoms with Gasteiger partial charge in [-0.2, -0.15) is 5.10 Å². The summed E-state index contributed by atoms with van der Waals surface area (Å²) in [4.78, 5) is 14.7. The topological polar surface area (TPSA) is 76.2 Å². The number of nitrogens with two attached hydrogens (primary N) is 1. The van der Waals surface area contributed by atoms with E-state index in [0.717, 1.165) is 30.9 Å². The zero-order chi connectivity index (χ0) is 18.7. The highest BCUT2D eigenvalue weighted by Gasteiger charge is 2.33. The lowest BCUT2D eigenvalue weighted by molar-refractivity contribution is -0.118. The van der Waals surface area contributed by atoms with E-state index in [1.165, 1.54) is 5.56 Å². The van der Waals surface area contributed by atoms with Gasteiger partial charge in [0.15, 0.2) is 0 Å².